The predicted molar refractivity (Wildman–Crippen MR) is 154 cm³/mol. The first-order chi connectivity index (χ1) is 19.1. The summed E-state index contributed by atoms with van der Waals surface area (Å²) < 4.78 is 6.04. The van der Waals surface area contributed by atoms with E-state index in [1.165, 1.54) is 23.9 Å². The molecule has 0 saturated carbocycles. The lowest BCUT2D eigenvalue weighted by atomic mass is 10.1. The fraction of sp³-hybridized carbons (Fsp3) is 0.0968. The molecule has 8 heteroatoms. The zero-order valence-corrected chi connectivity index (χ0v) is 21.8. The van der Waals surface area contributed by atoms with Gasteiger partial charge in [0.05, 0.1) is 22.9 Å². The number of nitro groups is 1. The lowest BCUT2D eigenvalue weighted by molar-refractivity contribution is -0.384. The van der Waals surface area contributed by atoms with E-state index in [1.54, 1.807) is 17.0 Å². The van der Waals surface area contributed by atoms with Crippen LogP contribution in [0.4, 0.5) is 5.69 Å². The van der Waals surface area contributed by atoms with Gasteiger partial charge in [0.2, 0.25) is 0 Å². The lowest BCUT2D eigenvalue weighted by Crippen LogP contribution is -2.28. The summed E-state index contributed by atoms with van der Waals surface area (Å²) in [5.41, 5.74) is 3.69. The first-order valence-corrected chi connectivity index (χ1v) is 13.2. The number of carbonyl (C=O) groups is 1. The van der Waals surface area contributed by atoms with Crippen molar-refractivity contribution in [3.63, 3.8) is 0 Å². The molecule has 194 valence electrons. The Kier molecular flexibility index (Phi) is 8.14. The number of thioether (sulfide) groups is 1. The van der Waals surface area contributed by atoms with Crippen LogP contribution in [0.5, 0.6) is 5.75 Å². The van der Waals surface area contributed by atoms with Gasteiger partial charge in [-0.3, -0.25) is 24.8 Å². The molecule has 1 amide bonds. The Morgan fingerprint density at radius 2 is 1.46 bits per heavy atom. The second-order valence-electron chi connectivity index (χ2n) is 8.82. The normalized spacial score (nSPS) is 15.2. The summed E-state index contributed by atoms with van der Waals surface area (Å²) in [7, 11) is 0. The number of rotatable bonds is 9. The predicted octanol–water partition coefficient (Wildman–Crippen LogP) is 6.85. The zero-order valence-electron chi connectivity index (χ0n) is 21.0. The molecule has 39 heavy (non-hydrogen) atoms. The molecule has 1 heterocycles. The number of benzene rings is 4. The molecule has 0 N–H and O–H groups in total. The smallest absolute Gasteiger partial charge is 0.269 e. The molecule has 0 bridgehead atoms. The van der Waals surface area contributed by atoms with Crippen molar-refractivity contribution in [3.05, 3.63) is 146 Å². The second kappa shape index (κ2) is 12.2. The Hall–Kier alpha value is -4.69. The fourth-order valence-electron chi connectivity index (χ4n) is 4.02. The van der Waals surface area contributed by atoms with Crippen molar-refractivity contribution in [3.8, 4) is 5.75 Å². The van der Waals surface area contributed by atoms with Gasteiger partial charge in [-0.05, 0) is 52.7 Å². The highest BCUT2D eigenvalue weighted by Crippen LogP contribution is 2.35. The van der Waals surface area contributed by atoms with Crippen LogP contribution in [0.2, 0.25) is 0 Å². The number of para-hydroxylation sites is 1. The van der Waals surface area contributed by atoms with E-state index in [0.29, 0.717) is 28.9 Å². The van der Waals surface area contributed by atoms with Gasteiger partial charge >= 0.3 is 0 Å². The molecular formula is C31H25N3O4S. The van der Waals surface area contributed by atoms with E-state index in [4.69, 9.17) is 9.73 Å². The molecule has 4 aromatic rings. The van der Waals surface area contributed by atoms with E-state index >= 15 is 0 Å². The van der Waals surface area contributed by atoms with Crippen LogP contribution in [0.25, 0.3) is 6.08 Å². The van der Waals surface area contributed by atoms with Gasteiger partial charge in [-0.1, -0.05) is 78.9 Å². The molecule has 1 fully saturated rings. The average Bonchev–Trinajstić information content (AvgIpc) is 3.26. The van der Waals surface area contributed by atoms with Crippen LogP contribution >= 0.6 is 11.8 Å². The molecule has 0 unspecified atom stereocenters. The van der Waals surface area contributed by atoms with Crippen LogP contribution in [0.3, 0.4) is 0 Å². The van der Waals surface area contributed by atoms with Gasteiger partial charge in [0.15, 0.2) is 5.17 Å². The van der Waals surface area contributed by atoms with Crippen molar-refractivity contribution in [1.29, 1.82) is 0 Å². The molecule has 0 atom stereocenters. The van der Waals surface area contributed by atoms with Gasteiger partial charge < -0.3 is 4.74 Å². The lowest BCUT2D eigenvalue weighted by Gasteiger charge is -2.15. The summed E-state index contributed by atoms with van der Waals surface area (Å²) in [5.74, 6) is 0.502. The Morgan fingerprint density at radius 1 is 0.821 bits per heavy atom. The Balaban J connectivity index is 1.38. The van der Waals surface area contributed by atoms with Gasteiger partial charge in [-0.25, -0.2) is 0 Å². The number of ether oxygens (including phenoxy) is 1. The molecule has 1 aliphatic heterocycles. The summed E-state index contributed by atoms with van der Waals surface area (Å²) in [4.78, 5) is 31.1. The number of amides is 1. The van der Waals surface area contributed by atoms with E-state index in [9.17, 15) is 14.9 Å². The molecule has 4 aromatic carbocycles. The monoisotopic (exact) mass is 535 g/mol. The van der Waals surface area contributed by atoms with Crippen LogP contribution in [-0.4, -0.2) is 20.9 Å². The third-order valence-corrected chi connectivity index (χ3v) is 7.10. The molecule has 0 spiro atoms. The Labute approximate surface area is 230 Å². The molecule has 1 saturated heterocycles. The summed E-state index contributed by atoms with van der Waals surface area (Å²) in [6.07, 6.45) is 1.83. The quantitative estimate of drug-likeness (QED) is 0.133. The minimum Gasteiger partial charge on any atom is -0.488 e. The van der Waals surface area contributed by atoms with Crippen LogP contribution < -0.4 is 4.74 Å². The summed E-state index contributed by atoms with van der Waals surface area (Å²) in [6, 6.07) is 33.6. The van der Waals surface area contributed by atoms with Gasteiger partial charge in [-0.2, -0.15) is 0 Å². The maximum absolute atomic E-state index is 13.6. The van der Waals surface area contributed by atoms with E-state index in [-0.39, 0.29) is 18.2 Å². The number of hydrogen-bond donors (Lipinski definition) is 0. The van der Waals surface area contributed by atoms with Crippen molar-refractivity contribution in [2.24, 2.45) is 4.99 Å². The number of non-ortho nitro benzene ring substituents is 1. The highest BCUT2D eigenvalue weighted by molar-refractivity contribution is 8.18. The van der Waals surface area contributed by atoms with Crippen molar-refractivity contribution in [1.82, 2.24) is 4.90 Å². The van der Waals surface area contributed by atoms with E-state index in [1.807, 2.05) is 91.0 Å². The highest BCUT2D eigenvalue weighted by atomic mass is 32.2. The van der Waals surface area contributed by atoms with Crippen LogP contribution in [0.1, 0.15) is 22.3 Å². The van der Waals surface area contributed by atoms with E-state index in [2.05, 4.69) is 0 Å². The molecule has 0 radical (unpaired) electrons. The Bertz CT molecular complexity index is 1520. The number of aliphatic imine (C=N–C) groups is 1. The zero-order chi connectivity index (χ0) is 27.0. The largest absolute Gasteiger partial charge is 0.488 e. The molecule has 1 aliphatic rings. The van der Waals surface area contributed by atoms with Crippen molar-refractivity contribution in [2.45, 2.75) is 19.7 Å². The average molecular weight is 536 g/mol. The number of amidine groups is 1. The van der Waals surface area contributed by atoms with E-state index < -0.39 is 4.92 Å². The number of carbonyl (C=O) groups excluding carboxylic acids is 1. The van der Waals surface area contributed by atoms with Crippen LogP contribution in [-0.2, 0) is 24.5 Å². The van der Waals surface area contributed by atoms with E-state index in [0.717, 1.165) is 22.3 Å². The summed E-state index contributed by atoms with van der Waals surface area (Å²) in [6.45, 7) is 1.14. The third kappa shape index (κ3) is 6.61. The van der Waals surface area contributed by atoms with Crippen molar-refractivity contribution >= 4 is 34.6 Å². The van der Waals surface area contributed by atoms with Gasteiger partial charge in [0, 0.05) is 17.7 Å². The minimum absolute atomic E-state index is 0.0328. The number of hydrogen-bond acceptors (Lipinski definition) is 6. The first kappa shape index (κ1) is 25.9. The maximum Gasteiger partial charge on any atom is 0.269 e. The standard InChI is InChI=1S/C31H25N3O4S/c35-30-29(19-26-13-7-8-14-28(26)38-22-25-15-17-27(18-16-25)34(36)37)39-31(32-20-23-9-3-1-4-10-23)33(30)21-24-11-5-2-6-12-24/h1-19H,20-22H2/b29-19+,32-31?. The van der Waals surface area contributed by atoms with Gasteiger partial charge in [0.25, 0.3) is 11.6 Å². The summed E-state index contributed by atoms with van der Waals surface area (Å²) in [5, 5.41) is 11.6. The Morgan fingerprint density at radius 3 is 2.15 bits per heavy atom. The van der Waals surface area contributed by atoms with Crippen LogP contribution in [0.15, 0.2) is 119 Å². The third-order valence-electron chi connectivity index (χ3n) is 6.06. The van der Waals surface area contributed by atoms with Crippen molar-refractivity contribution < 1.29 is 14.5 Å². The maximum atomic E-state index is 13.6. The molecule has 0 aromatic heterocycles. The number of nitro benzene ring substituents is 1. The first-order valence-electron chi connectivity index (χ1n) is 12.4. The SMILES string of the molecule is O=C1/C(=C\c2ccccc2OCc2ccc([N+](=O)[O-])cc2)SC(=NCc2ccccc2)N1Cc1ccccc1. The second-order valence-corrected chi connectivity index (χ2v) is 9.83. The van der Waals surface area contributed by atoms with Crippen LogP contribution in [0, 0.1) is 10.1 Å². The van der Waals surface area contributed by atoms with Crippen molar-refractivity contribution in [2.75, 3.05) is 0 Å². The minimum atomic E-state index is -0.430. The highest BCUT2D eigenvalue weighted by Gasteiger charge is 2.33. The van der Waals surface area contributed by atoms with Gasteiger partial charge in [0.1, 0.15) is 12.4 Å². The summed E-state index contributed by atoms with van der Waals surface area (Å²) >= 11 is 1.36. The molecule has 5 rings (SSSR count). The number of nitrogens with zero attached hydrogens (tertiary/aromatic N) is 3. The molecule has 7 nitrogen and oxygen atoms in total. The fourth-order valence-corrected chi connectivity index (χ4v) is 4.99. The molecule has 0 aliphatic carbocycles. The molecular weight excluding hydrogens is 510 g/mol. The van der Waals surface area contributed by atoms with Gasteiger partial charge in [-0.15, -0.1) is 0 Å². The topological polar surface area (TPSA) is 85.0 Å².